The van der Waals surface area contributed by atoms with Gasteiger partial charge < -0.3 is 9.15 Å². The van der Waals surface area contributed by atoms with Crippen LogP contribution in [0, 0.1) is 0 Å². The van der Waals surface area contributed by atoms with Crippen molar-refractivity contribution in [2.45, 2.75) is 19.8 Å². The van der Waals surface area contributed by atoms with Crippen LogP contribution in [-0.4, -0.2) is 18.4 Å². The smallest absolute Gasteiger partial charge is 0.306 e. The first-order valence-corrected chi connectivity index (χ1v) is 7.29. The maximum Gasteiger partial charge on any atom is 0.306 e. The van der Waals surface area contributed by atoms with E-state index in [0.717, 1.165) is 21.9 Å². The molecule has 0 fully saturated rings. The van der Waals surface area contributed by atoms with Crippen LogP contribution >= 0.6 is 0 Å². The Hall–Kier alpha value is -2.62. The largest absolute Gasteiger partial charge is 0.466 e. The zero-order chi connectivity index (χ0) is 15.5. The summed E-state index contributed by atoms with van der Waals surface area (Å²) in [6, 6.07) is 13.1. The van der Waals surface area contributed by atoms with Crippen LogP contribution in [0.1, 0.15) is 30.1 Å². The topological polar surface area (TPSA) is 56.5 Å². The summed E-state index contributed by atoms with van der Waals surface area (Å²) in [7, 11) is 0. The first-order valence-electron chi connectivity index (χ1n) is 7.29. The molecule has 0 N–H and O–H groups in total. The van der Waals surface area contributed by atoms with Crippen molar-refractivity contribution in [2.75, 3.05) is 6.61 Å². The molecule has 3 aromatic rings. The summed E-state index contributed by atoms with van der Waals surface area (Å²) < 4.78 is 10.6. The quantitative estimate of drug-likeness (QED) is 0.525. The van der Waals surface area contributed by atoms with Crippen LogP contribution < -0.4 is 0 Å². The Labute approximate surface area is 127 Å². The van der Waals surface area contributed by atoms with Crippen LogP contribution in [-0.2, 0) is 9.53 Å². The van der Waals surface area contributed by atoms with Gasteiger partial charge in [0.15, 0.2) is 5.78 Å². The number of ether oxygens (including phenoxy) is 1. The van der Waals surface area contributed by atoms with Crippen molar-refractivity contribution in [3.63, 3.8) is 0 Å². The molecule has 112 valence electrons. The minimum atomic E-state index is -0.342. The molecule has 0 amide bonds. The van der Waals surface area contributed by atoms with Gasteiger partial charge in [-0.15, -0.1) is 0 Å². The summed E-state index contributed by atoms with van der Waals surface area (Å²) in [5.74, 6) is -0.411. The molecule has 3 rings (SSSR count). The van der Waals surface area contributed by atoms with E-state index in [2.05, 4.69) is 0 Å². The van der Waals surface area contributed by atoms with Crippen molar-refractivity contribution in [1.29, 1.82) is 0 Å². The third-order valence-corrected chi connectivity index (χ3v) is 3.56. The fraction of sp³-hybridized carbons (Fsp3) is 0.222. The molecule has 0 aliphatic carbocycles. The molecule has 0 unspecified atom stereocenters. The molecule has 2 aromatic carbocycles. The van der Waals surface area contributed by atoms with E-state index >= 15 is 0 Å². The highest BCUT2D eigenvalue weighted by atomic mass is 16.5. The molecule has 4 nitrogen and oxygen atoms in total. The number of carbonyl (C=O) groups is 2. The molecule has 0 spiro atoms. The van der Waals surface area contributed by atoms with Gasteiger partial charge in [-0.25, -0.2) is 0 Å². The number of Topliss-reactive ketones (excluding diaryl/α,β-unsaturated/α-hetero) is 1. The Bertz CT molecular complexity index is 845. The SMILES string of the molecule is CCOC(=O)CCC(=O)c1ccc2oc3ccccc3c2c1. The monoisotopic (exact) mass is 296 g/mol. The number of ketones is 1. The standard InChI is InChI=1S/C18H16O4/c1-2-21-18(20)10-8-15(19)12-7-9-17-14(11-12)13-5-3-4-6-16(13)22-17/h3-7,9,11H,2,8,10H2,1H3. The van der Waals surface area contributed by atoms with Crippen LogP contribution in [0.4, 0.5) is 0 Å². The van der Waals surface area contributed by atoms with Crippen LogP contribution in [0.15, 0.2) is 46.9 Å². The number of fused-ring (bicyclic) bond motifs is 3. The minimum Gasteiger partial charge on any atom is -0.466 e. The zero-order valence-corrected chi connectivity index (χ0v) is 12.3. The Morgan fingerprint density at radius 1 is 1.00 bits per heavy atom. The Morgan fingerprint density at radius 2 is 1.77 bits per heavy atom. The molecule has 22 heavy (non-hydrogen) atoms. The van der Waals surface area contributed by atoms with Gasteiger partial charge in [0, 0.05) is 22.8 Å². The van der Waals surface area contributed by atoms with Crippen molar-refractivity contribution in [3.05, 3.63) is 48.0 Å². The zero-order valence-electron chi connectivity index (χ0n) is 12.3. The van der Waals surface area contributed by atoms with E-state index in [1.165, 1.54) is 0 Å². The van der Waals surface area contributed by atoms with E-state index in [0.29, 0.717) is 12.2 Å². The van der Waals surface area contributed by atoms with Gasteiger partial charge in [-0.05, 0) is 31.2 Å². The Morgan fingerprint density at radius 3 is 2.59 bits per heavy atom. The van der Waals surface area contributed by atoms with Gasteiger partial charge in [0.2, 0.25) is 0 Å². The second-order valence-electron chi connectivity index (χ2n) is 5.04. The van der Waals surface area contributed by atoms with Gasteiger partial charge in [-0.2, -0.15) is 0 Å². The van der Waals surface area contributed by atoms with Gasteiger partial charge in [-0.1, -0.05) is 18.2 Å². The van der Waals surface area contributed by atoms with Crippen molar-refractivity contribution in [1.82, 2.24) is 0 Å². The number of hydrogen-bond donors (Lipinski definition) is 0. The summed E-state index contributed by atoms with van der Waals surface area (Å²) in [6.07, 6.45) is 0.261. The number of hydrogen-bond acceptors (Lipinski definition) is 4. The van der Waals surface area contributed by atoms with E-state index in [1.807, 2.05) is 30.3 Å². The number of carbonyl (C=O) groups excluding carboxylic acids is 2. The maximum absolute atomic E-state index is 12.2. The van der Waals surface area contributed by atoms with Crippen LogP contribution in [0.2, 0.25) is 0 Å². The normalized spacial score (nSPS) is 11.0. The number of benzene rings is 2. The van der Waals surface area contributed by atoms with E-state index in [1.54, 1.807) is 19.1 Å². The highest BCUT2D eigenvalue weighted by Crippen LogP contribution is 2.29. The van der Waals surface area contributed by atoms with Gasteiger partial charge in [0.25, 0.3) is 0 Å². The fourth-order valence-electron chi connectivity index (χ4n) is 2.49. The lowest BCUT2D eigenvalue weighted by Gasteiger charge is -2.02. The van der Waals surface area contributed by atoms with E-state index in [4.69, 9.17) is 9.15 Å². The molecular weight excluding hydrogens is 280 g/mol. The van der Waals surface area contributed by atoms with Gasteiger partial charge in [0.1, 0.15) is 11.2 Å². The van der Waals surface area contributed by atoms with Crippen LogP contribution in [0.5, 0.6) is 0 Å². The average molecular weight is 296 g/mol. The van der Waals surface area contributed by atoms with Crippen LogP contribution in [0.3, 0.4) is 0 Å². The third-order valence-electron chi connectivity index (χ3n) is 3.56. The molecule has 1 aromatic heterocycles. The first kappa shape index (κ1) is 14.3. The van der Waals surface area contributed by atoms with E-state index in [9.17, 15) is 9.59 Å². The van der Waals surface area contributed by atoms with Gasteiger partial charge in [-0.3, -0.25) is 9.59 Å². The van der Waals surface area contributed by atoms with Gasteiger partial charge in [0.05, 0.1) is 13.0 Å². The summed E-state index contributed by atoms with van der Waals surface area (Å²) in [4.78, 5) is 23.6. The molecule has 0 saturated carbocycles. The highest BCUT2D eigenvalue weighted by Gasteiger charge is 2.13. The van der Waals surface area contributed by atoms with Crippen molar-refractivity contribution >= 4 is 33.7 Å². The lowest BCUT2D eigenvalue weighted by Crippen LogP contribution is -2.07. The molecule has 0 aliphatic rings. The second kappa shape index (κ2) is 6.02. The average Bonchev–Trinajstić information content (AvgIpc) is 2.90. The van der Waals surface area contributed by atoms with Crippen molar-refractivity contribution in [3.8, 4) is 0 Å². The number of para-hydroxylation sites is 1. The number of rotatable bonds is 5. The summed E-state index contributed by atoms with van der Waals surface area (Å²) in [6.45, 7) is 2.08. The summed E-state index contributed by atoms with van der Waals surface area (Å²) in [5, 5.41) is 1.90. The number of furan rings is 1. The van der Waals surface area contributed by atoms with Crippen molar-refractivity contribution in [2.24, 2.45) is 0 Å². The molecule has 1 heterocycles. The lowest BCUT2D eigenvalue weighted by atomic mass is 10.0. The molecule has 0 radical (unpaired) electrons. The molecule has 4 heteroatoms. The maximum atomic E-state index is 12.2. The lowest BCUT2D eigenvalue weighted by molar-refractivity contribution is -0.143. The minimum absolute atomic E-state index is 0.0692. The predicted molar refractivity (Wildman–Crippen MR) is 83.9 cm³/mol. The Balaban J connectivity index is 1.86. The Kier molecular flexibility index (Phi) is 3.92. The second-order valence-corrected chi connectivity index (χ2v) is 5.04. The fourth-order valence-corrected chi connectivity index (χ4v) is 2.49. The first-order chi connectivity index (χ1) is 10.7. The number of esters is 1. The van der Waals surface area contributed by atoms with E-state index < -0.39 is 0 Å². The molecule has 0 saturated heterocycles. The summed E-state index contributed by atoms with van der Waals surface area (Å²) >= 11 is 0. The summed E-state index contributed by atoms with van der Waals surface area (Å²) in [5.41, 5.74) is 2.14. The molecule has 0 atom stereocenters. The highest BCUT2D eigenvalue weighted by molar-refractivity contribution is 6.08. The van der Waals surface area contributed by atoms with Gasteiger partial charge >= 0.3 is 5.97 Å². The van der Waals surface area contributed by atoms with Crippen LogP contribution in [0.25, 0.3) is 21.9 Å². The molecular formula is C18H16O4. The molecule has 0 bridgehead atoms. The molecule has 0 aliphatic heterocycles. The van der Waals surface area contributed by atoms with Crippen molar-refractivity contribution < 1.29 is 18.7 Å². The third kappa shape index (κ3) is 2.72. The predicted octanol–water partition coefficient (Wildman–Crippen LogP) is 4.11. The van der Waals surface area contributed by atoms with E-state index in [-0.39, 0.29) is 24.6 Å².